The Hall–Kier alpha value is -2.01. The Bertz CT molecular complexity index is 646. The van der Waals surface area contributed by atoms with Crippen molar-refractivity contribution in [3.05, 3.63) is 28.2 Å². The van der Waals surface area contributed by atoms with E-state index in [1.165, 1.54) is 12.1 Å². The zero-order valence-electron chi connectivity index (χ0n) is 10.1. The molecule has 0 heterocycles. The van der Waals surface area contributed by atoms with Gasteiger partial charge in [0.1, 0.15) is 0 Å². The summed E-state index contributed by atoms with van der Waals surface area (Å²) < 4.78 is 31.7. The molecule has 1 aromatic carbocycles. The number of nitrogens with two attached hydrogens (primary N) is 1. The van der Waals surface area contributed by atoms with Crippen LogP contribution in [0, 0.1) is 0 Å². The molecule has 1 rings (SSSR count). The van der Waals surface area contributed by atoms with Gasteiger partial charge in [0.2, 0.25) is 0 Å². The van der Waals surface area contributed by atoms with Gasteiger partial charge in [-0.25, -0.2) is 9.52 Å². The number of halogens is 1. The van der Waals surface area contributed by atoms with Gasteiger partial charge in [-0.2, -0.15) is 8.42 Å². The summed E-state index contributed by atoms with van der Waals surface area (Å²) in [6, 6.07) is 4.37. The SMILES string of the molecule is COC(=O)NS(=O)(=O)Nc1cc(Br)ccc1/C(N)=N/O. The number of carbonyl (C=O) groups excluding carboxylic acids is 1. The van der Waals surface area contributed by atoms with Crippen LogP contribution in [0.2, 0.25) is 0 Å². The van der Waals surface area contributed by atoms with E-state index in [0.717, 1.165) is 7.11 Å². The first kappa shape index (κ1) is 16.0. The van der Waals surface area contributed by atoms with Gasteiger partial charge >= 0.3 is 16.3 Å². The van der Waals surface area contributed by atoms with E-state index in [1.54, 1.807) is 10.8 Å². The number of nitrogens with zero attached hydrogens (tertiary/aromatic N) is 1. The molecule has 0 saturated heterocycles. The molecule has 0 aromatic heterocycles. The molecule has 0 fully saturated rings. The summed E-state index contributed by atoms with van der Waals surface area (Å²) in [4.78, 5) is 10.9. The van der Waals surface area contributed by atoms with E-state index in [0.29, 0.717) is 4.47 Å². The molecule has 0 aliphatic heterocycles. The maximum atomic E-state index is 11.7. The van der Waals surface area contributed by atoms with Crippen LogP contribution in [0.1, 0.15) is 5.56 Å². The lowest BCUT2D eigenvalue weighted by molar-refractivity contribution is 0.177. The minimum Gasteiger partial charge on any atom is -0.452 e. The minimum absolute atomic E-state index is 0.00563. The van der Waals surface area contributed by atoms with Crippen LogP contribution in [0.3, 0.4) is 0 Å². The zero-order valence-corrected chi connectivity index (χ0v) is 12.5. The largest absolute Gasteiger partial charge is 0.452 e. The topological polar surface area (TPSA) is 143 Å². The van der Waals surface area contributed by atoms with Crippen molar-refractivity contribution in [1.29, 1.82) is 0 Å². The van der Waals surface area contributed by atoms with E-state index in [2.05, 4.69) is 30.5 Å². The molecule has 1 aromatic rings. The number of hydrogen-bond donors (Lipinski definition) is 4. The number of oxime groups is 1. The number of amides is 1. The predicted octanol–water partition coefficient (Wildman–Crippen LogP) is 0.556. The molecule has 1 amide bonds. The number of anilines is 1. The van der Waals surface area contributed by atoms with E-state index in [-0.39, 0.29) is 17.1 Å². The first-order valence-corrected chi connectivity index (χ1v) is 7.22. The van der Waals surface area contributed by atoms with Crippen LogP contribution in [0.15, 0.2) is 27.8 Å². The molecule has 0 saturated carbocycles. The Morgan fingerprint density at radius 2 is 2.15 bits per heavy atom. The highest BCUT2D eigenvalue weighted by Gasteiger charge is 2.18. The molecule has 0 bridgehead atoms. The highest BCUT2D eigenvalue weighted by Crippen LogP contribution is 2.22. The first-order chi connectivity index (χ1) is 9.29. The van der Waals surface area contributed by atoms with Crippen molar-refractivity contribution < 1.29 is 23.2 Å². The van der Waals surface area contributed by atoms with Crippen LogP contribution in [-0.2, 0) is 14.9 Å². The van der Waals surface area contributed by atoms with Gasteiger partial charge in [-0.05, 0) is 18.2 Å². The van der Waals surface area contributed by atoms with E-state index in [1.807, 2.05) is 0 Å². The Labute approximate surface area is 123 Å². The third-order valence-electron chi connectivity index (χ3n) is 2.01. The highest BCUT2D eigenvalue weighted by molar-refractivity contribution is 9.10. The minimum atomic E-state index is -4.21. The van der Waals surface area contributed by atoms with Gasteiger partial charge in [-0.15, -0.1) is 0 Å². The maximum Gasteiger partial charge on any atom is 0.422 e. The summed E-state index contributed by atoms with van der Waals surface area (Å²) in [6.45, 7) is 0. The number of amidine groups is 1. The van der Waals surface area contributed by atoms with Crippen LogP contribution < -0.4 is 15.2 Å². The number of rotatable bonds is 4. The number of carbonyl (C=O) groups is 1. The van der Waals surface area contributed by atoms with Crippen molar-refractivity contribution in [2.75, 3.05) is 11.8 Å². The van der Waals surface area contributed by atoms with Gasteiger partial charge in [0.15, 0.2) is 5.84 Å². The number of benzene rings is 1. The predicted molar refractivity (Wildman–Crippen MR) is 74.7 cm³/mol. The lowest BCUT2D eigenvalue weighted by atomic mass is 10.2. The molecule has 20 heavy (non-hydrogen) atoms. The summed E-state index contributed by atoms with van der Waals surface area (Å²) in [6.07, 6.45) is -1.15. The Kier molecular flexibility index (Phi) is 5.16. The van der Waals surface area contributed by atoms with Crippen molar-refractivity contribution >= 4 is 43.8 Å². The molecular weight excluding hydrogens is 356 g/mol. The molecular formula is C9H11BrN4O5S. The smallest absolute Gasteiger partial charge is 0.422 e. The molecule has 11 heteroatoms. The fourth-order valence-electron chi connectivity index (χ4n) is 1.20. The number of ether oxygens (including phenoxy) is 1. The summed E-state index contributed by atoms with van der Waals surface area (Å²) in [5.74, 6) is -0.298. The Morgan fingerprint density at radius 1 is 1.50 bits per heavy atom. The van der Waals surface area contributed by atoms with E-state index in [9.17, 15) is 13.2 Å². The fraction of sp³-hybridized carbons (Fsp3) is 0.111. The normalized spacial score (nSPS) is 11.8. The molecule has 110 valence electrons. The number of hydrogen-bond acceptors (Lipinski definition) is 6. The van der Waals surface area contributed by atoms with Crippen molar-refractivity contribution in [1.82, 2.24) is 4.72 Å². The van der Waals surface area contributed by atoms with Crippen molar-refractivity contribution in [3.63, 3.8) is 0 Å². The third-order valence-corrected chi connectivity index (χ3v) is 3.43. The second-order valence-electron chi connectivity index (χ2n) is 3.37. The monoisotopic (exact) mass is 366 g/mol. The second-order valence-corrected chi connectivity index (χ2v) is 5.71. The van der Waals surface area contributed by atoms with Crippen LogP contribution in [0.25, 0.3) is 0 Å². The Morgan fingerprint density at radius 3 is 2.70 bits per heavy atom. The number of methoxy groups -OCH3 is 1. The van der Waals surface area contributed by atoms with E-state index < -0.39 is 16.3 Å². The van der Waals surface area contributed by atoms with Crippen LogP contribution in [0.4, 0.5) is 10.5 Å². The summed E-state index contributed by atoms with van der Waals surface area (Å²) >= 11 is 3.15. The van der Waals surface area contributed by atoms with Crippen LogP contribution in [-0.4, -0.2) is 32.7 Å². The van der Waals surface area contributed by atoms with E-state index >= 15 is 0 Å². The zero-order chi connectivity index (χ0) is 15.3. The molecule has 0 aliphatic rings. The van der Waals surface area contributed by atoms with Gasteiger partial charge in [0.25, 0.3) is 0 Å². The van der Waals surface area contributed by atoms with E-state index in [4.69, 9.17) is 10.9 Å². The molecule has 9 nitrogen and oxygen atoms in total. The standard InChI is InChI=1S/C9H11BrN4O5S/c1-19-9(15)14-20(17,18)13-7-4-5(10)2-3-6(7)8(11)12-16/h2-4,13,16H,1H3,(H2,11,12)(H,14,15). The average Bonchev–Trinajstić information content (AvgIpc) is 2.36. The van der Waals surface area contributed by atoms with Crippen molar-refractivity contribution in [3.8, 4) is 0 Å². The van der Waals surface area contributed by atoms with Crippen molar-refractivity contribution in [2.24, 2.45) is 10.9 Å². The highest BCUT2D eigenvalue weighted by atomic mass is 79.9. The molecule has 0 spiro atoms. The fourth-order valence-corrected chi connectivity index (χ4v) is 2.37. The Balaban J connectivity index is 3.14. The van der Waals surface area contributed by atoms with Crippen LogP contribution in [0.5, 0.6) is 0 Å². The number of nitrogens with one attached hydrogen (secondary N) is 2. The molecule has 0 atom stereocenters. The van der Waals surface area contributed by atoms with Gasteiger partial charge < -0.3 is 15.7 Å². The molecule has 0 radical (unpaired) electrons. The third kappa shape index (κ3) is 4.28. The summed E-state index contributed by atoms with van der Waals surface area (Å²) in [5.41, 5.74) is 5.57. The van der Waals surface area contributed by atoms with Gasteiger partial charge in [-0.3, -0.25) is 4.72 Å². The van der Waals surface area contributed by atoms with Gasteiger partial charge in [0, 0.05) is 10.0 Å². The molecule has 0 unspecified atom stereocenters. The summed E-state index contributed by atoms with van der Waals surface area (Å²) in [7, 11) is -3.19. The maximum absolute atomic E-state index is 11.7. The lowest BCUT2D eigenvalue weighted by Crippen LogP contribution is -2.35. The van der Waals surface area contributed by atoms with Gasteiger partial charge in [-0.1, -0.05) is 21.1 Å². The summed E-state index contributed by atoms with van der Waals surface area (Å²) in [5, 5.41) is 11.4. The average molecular weight is 367 g/mol. The van der Waals surface area contributed by atoms with Crippen molar-refractivity contribution in [2.45, 2.75) is 0 Å². The second kappa shape index (κ2) is 6.43. The van der Waals surface area contributed by atoms with Gasteiger partial charge in [0.05, 0.1) is 12.8 Å². The quantitative estimate of drug-likeness (QED) is 0.265. The lowest BCUT2D eigenvalue weighted by Gasteiger charge is -2.12. The molecule has 0 aliphatic carbocycles. The molecule has 5 N–H and O–H groups in total. The van der Waals surface area contributed by atoms with Crippen LogP contribution >= 0.6 is 15.9 Å². The first-order valence-electron chi connectivity index (χ1n) is 4.95.